The van der Waals surface area contributed by atoms with Gasteiger partial charge in [-0.2, -0.15) is 0 Å². The molecule has 2 unspecified atom stereocenters. The minimum absolute atomic E-state index is 0.161. The van der Waals surface area contributed by atoms with E-state index >= 15 is 0 Å². The Bertz CT molecular complexity index is 389. The third-order valence-corrected chi connectivity index (χ3v) is 3.53. The summed E-state index contributed by atoms with van der Waals surface area (Å²) < 4.78 is 4.85. The van der Waals surface area contributed by atoms with Gasteiger partial charge in [0, 0.05) is 0 Å². The molecule has 0 fully saturated rings. The average Bonchev–Trinajstić information content (AvgIpc) is 2.45. The molecule has 0 aliphatic rings. The summed E-state index contributed by atoms with van der Waals surface area (Å²) in [4.78, 5) is 11.7. The number of benzene rings is 1. The Balaban J connectivity index is 2.42. The molecule has 0 saturated carbocycles. The molecule has 0 radical (unpaired) electrons. The number of hydrogen-bond donors (Lipinski definition) is 1. The van der Waals surface area contributed by atoms with E-state index in [1.807, 2.05) is 6.07 Å². The van der Waals surface area contributed by atoms with Crippen LogP contribution in [0.4, 0.5) is 0 Å². The van der Waals surface area contributed by atoms with Gasteiger partial charge in [-0.25, -0.2) is 0 Å². The lowest BCUT2D eigenvalue weighted by atomic mass is 9.97. The highest BCUT2D eigenvalue weighted by Crippen LogP contribution is 2.17. The minimum Gasteiger partial charge on any atom is -0.468 e. The van der Waals surface area contributed by atoms with E-state index < -0.39 is 0 Å². The molecule has 0 bridgehead atoms. The van der Waals surface area contributed by atoms with Gasteiger partial charge in [0.05, 0.1) is 7.11 Å². The standard InChI is InChI=1S/C17H27NO2/c1-13(2)12-16(17(19)20-4)18-11-10-14(3)15-8-6-5-7-9-15/h5-9,13-14,16,18H,10-12H2,1-4H3. The SMILES string of the molecule is COC(=O)C(CC(C)C)NCCC(C)c1ccccc1. The van der Waals surface area contributed by atoms with Gasteiger partial charge in [0.1, 0.15) is 6.04 Å². The minimum atomic E-state index is -0.192. The lowest BCUT2D eigenvalue weighted by Crippen LogP contribution is -2.39. The molecule has 1 aromatic carbocycles. The van der Waals surface area contributed by atoms with Crippen LogP contribution in [0.1, 0.15) is 45.1 Å². The van der Waals surface area contributed by atoms with Crippen LogP contribution in [0.3, 0.4) is 0 Å². The quantitative estimate of drug-likeness (QED) is 0.740. The van der Waals surface area contributed by atoms with Gasteiger partial charge in [-0.15, -0.1) is 0 Å². The topological polar surface area (TPSA) is 38.3 Å². The van der Waals surface area contributed by atoms with Crippen molar-refractivity contribution in [2.24, 2.45) is 5.92 Å². The van der Waals surface area contributed by atoms with Gasteiger partial charge in [-0.3, -0.25) is 4.79 Å². The monoisotopic (exact) mass is 277 g/mol. The maximum atomic E-state index is 11.7. The first-order valence-electron chi connectivity index (χ1n) is 7.40. The van der Waals surface area contributed by atoms with Crippen LogP contribution in [0.2, 0.25) is 0 Å². The van der Waals surface area contributed by atoms with Crippen LogP contribution in [0.25, 0.3) is 0 Å². The number of nitrogens with one attached hydrogen (secondary N) is 1. The van der Waals surface area contributed by atoms with Gasteiger partial charge in [0.15, 0.2) is 0 Å². The fraction of sp³-hybridized carbons (Fsp3) is 0.588. The largest absolute Gasteiger partial charge is 0.468 e. The molecule has 0 amide bonds. The van der Waals surface area contributed by atoms with E-state index in [1.165, 1.54) is 12.7 Å². The molecule has 2 atom stereocenters. The van der Waals surface area contributed by atoms with Crippen LogP contribution in [-0.4, -0.2) is 25.7 Å². The van der Waals surface area contributed by atoms with Gasteiger partial charge >= 0.3 is 5.97 Å². The van der Waals surface area contributed by atoms with Gasteiger partial charge in [0.2, 0.25) is 0 Å². The van der Waals surface area contributed by atoms with Gasteiger partial charge in [-0.1, -0.05) is 51.1 Å². The van der Waals surface area contributed by atoms with E-state index in [1.54, 1.807) is 0 Å². The van der Waals surface area contributed by atoms with E-state index in [0.717, 1.165) is 19.4 Å². The van der Waals surface area contributed by atoms with E-state index in [4.69, 9.17) is 4.74 Å². The smallest absolute Gasteiger partial charge is 0.322 e. The highest BCUT2D eigenvalue weighted by Gasteiger charge is 2.19. The summed E-state index contributed by atoms with van der Waals surface area (Å²) in [6, 6.07) is 10.3. The molecule has 20 heavy (non-hydrogen) atoms. The summed E-state index contributed by atoms with van der Waals surface area (Å²) in [7, 11) is 1.45. The molecule has 0 aliphatic carbocycles. The molecule has 3 nitrogen and oxygen atoms in total. The van der Waals surface area contributed by atoms with E-state index in [2.05, 4.69) is 50.4 Å². The number of ether oxygens (including phenoxy) is 1. The summed E-state index contributed by atoms with van der Waals surface area (Å²) in [6.07, 6.45) is 1.82. The molecule has 112 valence electrons. The molecule has 0 saturated heterocycles. The predicted molar refractivity (Wildman–Crippen MR) is 82.7 cm³/mol. The first-order chi connectivity index (χ1) is 9.54. The van der Waals surface area contributed by atoms with Gasteiger partial charge < -0.3 is 10.1 Å². The number of carbonyl (C=O) groups is 1. The van der Waals surface area contributed by atoms with Crippen LogP contribution in [0.15, 0.2) is 30.3 Å². The molecule has 3 heteroatoms. The molecule has 1 rings (SSSR count). The predicted octanol–water partition coefficient (Wildman–Crippen LogP) is 3.36. The van der Waals surface area contributed by atoms with Crippen LogP contribution in [-0.2, 0) is 9.53 Å². The maximum absolute atomic E-state index is 11.7. The van der Waals surface area contributed by atoms with Crippen molar-refractivity contribution in [1.82, 2.24) is 5.32 Å². The highest BCUT2D eigenvalue weighted by atomic mass is 16.5. The maximum Gasteiger partial charge on any atom is 0.322 e. The van der Waals surface area contributed by atoms with Crippen molar-refractivity contribution in [1.29, 1.82) is 0 Å². The van der Waals surface area contributed by atoms with Crippen LogP contribution in [0, 0.1) is 5.92 Å². The zero-order valence-electron chi connectivity index (χ0n) is 13.1. The Morgan fingerprint density at radius 1 is 1.20 bits per heavy atom. The number of hydrogen-bond acceptors (Lipinski definition) is 3. The van der Waals surface area contributed by atoms with E-state index in [-0.39, 0.29) is 12.0 Å². The lowest BCUT2D eigenvalue weighted by molar-refractivity contribution is -0.143. The van der Waals surface area contributed by atoms with Crippen molar-refractivity contribution in [3.63, 3.8) is 0 Å². The Morgan fingerprint density at radius 3 is 2.40 bits per heavy atom. The van der Waals surface area contributed by atoms with Crippen molar-refractivity contribution in [3.8, 4) is 0 Å². The molecular weight excluding hydrogens is 250 g/mol. The summed E-state index contributed by atoms with van der Waals surface area (Å²) in [6.45, 7) is 7.27. The molecule has 1 aromatic rings. The molecule has 0 aromatic heterocycles. The van der Waals surface area contributed by atoms with Crippen molar-refractivity contribution in [3.05, 3.63) is 35.9 Å². The molecule has 0 aliphatic heterocycles. The summed E-state index contributed by atoms with van der Waals surface area (Å²) >= 11 is 0. The van der Waals surface area contributed by atoms with Gasteiger partial charge in [-0.05, 0) is 36.8 Å². The Morgan fingerprint density at radius 2 is 1.85 bits per heavy atom. The fourth-order valence-electron chi connectivity index (χ4n) is 2.30. The first kappa shape index (κ1) is 16.7. The van der Waals surface area contributed by atoms with Crippen molar-refractivity contribution in [2.45, 2.75) is 45.6 Å². The van der Waals surface area contributed by atoms with Crippen molar-refractivity contribution in [2.75, 3.05) is 13.7 Å². The second-order valence-electron chi connectivity index (χ2n) is 5.76. The number of carbonyl (C=O) groups excluding carboxylic acids is 1. The van der Waals surface area contributed by atoms with Crippen molar-refractivity contribution >= 4 is 5.97 Å². The number of methoxy groups -OCH3 is 1. The normalized spacial score (nSPS) is 14.1. The van der Waals surface area contributed by atoms with Crippen LogP contribution < -0.4 is 5.32 Å². The molecule has 0 heterocycles. The van der Waals surface area contributed by atoms with E-state index in [0.29, 0.717) is 11.8 Å². The Labute approximate surface area is 122 Å². The molecular formula is C17H27NO2. The fourth-order valence-corrected chi connectivity index (χ4v) is 2.30. The summed E-state index contributed by atoms with van der Waals surface area (Å²) in [5.41, 5.74) is 1.34. The number of rotatable bonds is 8. The second-order valence-corrected chi connectivity index (χ2v) is 5.76. The molecule has 0 spiro atoms. The summed E-state index contributed by atoms with van der Waals surface area (Å²) in [5.74, 6) is 0.797. The van der Waals surface area contributed by atoms with Crippen molar-refractivity contribution < 1.29 is 9.53 Å². The third-order valence-electron chi connectivity index (χ3n) is 3.53. The summed E-state index contributed by atoms with van der Waals surface area (Å²) in [5, 5.41) is 3.33. The highest BCUT2D eigenvalue weighted by molar-refractivity contribution is 5.75. The lowest BCUT2D eigenvalue weighted by Gasteiger charge is -2.19. The zero-order chi connectivity index (χ0) is 15.0. The van der Waals surface area contributed by atoms with Crippen LogP contribution in [0.5, 0.6) is 0 Å². The van der Waals surface area contributed by atoms with Crippen LogP contribution >= 0.6 is 0 Å². The van der Waals surface area contributed by atoms with Gasteiger partial charge in [0.25, 0.3) is 0 Å². The second kappa shape index (κ2) is 8.75. The number of esters is 1. The van der Waals surface area contributed by atoms with E-state index in [9.17, 15) is 4.79 Å². The molecule has 1 N–H and O–H groups in total. The zero-order valence-corrected chi connectivity index (χ0v) is 13.1. The average molecular weight is 277 g/mol. The third kappa shape index (κ3) is 5.74. The first-order valence-corrected chi connectivity index (χ1v) is 7.40. The Kier molecular flexibility index (Phi) is 7.31. The Hall–Kier alpha value is -1.35.